The minimum atomic E-state index is -4.75. The molecule has 0 aliphatic rings. The molecular formula is C46H74NO11P. The van der Waals surface area contributed by atoms with E-state index in [0.717, 1.165) is 83.5 Å². The number of phosphoric ester groups is 1. The number of phosphoric acid groups is 1. The molecule has 0 aliphatic carbocycles. The number of aliphatic hydroxyl groups excluding tert-OH is 1. The quantitative estimate of drug-likeness (QED) is 0.0199. The highest BCUT2D eigenvalue weighted by Gasteiger charge is 2.28. The summed E-state index contributed by atoms with van der Waals surface area (Å²) in [6.07, 6.45) is 46.8. The first-order valence-corrected chi connectivity index (χ1v) is 22.8. The molecule has 0 heterocycles. The molecule has 0 bridgehead atoms. The molecule has 12 nitrogen and oxygen atoms in total. The van der Waals surface area contributed by atoms with Gasteiger partial charge in [-0.25, -0.2) is 4.57 Å². The van der Waals surface area contributed by atoms with Crippen molar-refractivity contribution in [1.82, 2.24) is 0 Å². The van der Waals surface area contributed by atoms with E-state index in [9.17, 15) is 28.9 Å². The lowest BCUT2D eigenvalue weighted by atomic mass is 10.1. The van der Waals surface area contributed by atoms with Gasteiger partial charge in [0.05, 0.1) is 19.3 Å². The molecule has 0 saturated heterocycles. The van der Waals surface area contributed by atoms with Gasteiger partial charge in [0.2, 0.25) is 0 Å². The molecule has 13 heteroatoms. The van der Waals surface area contributed by atoms with Crippen LogP contribution < -0.4 is 5.73 Å². The van der Waals surface area contributed by atoms with Crippen LogP contribution in [0.4, 0.5) is 0 Å². The second-order valence-corrected chi connectivity index (χ2v) is 15.4. The van der Waals surface area contributed by atoms with E-state index in [2.05, 4.69) is 97.4 Å². The number of nitrogens with two attached hydrogens (primary N) is 1. The van der Waals surface area contributed by atoms with Gasteiger partial charge in [0.15, 0.2) is 6.10 Å². The van der Waals surface area contributed by atoms with Gasteiger partial charge in [-0.3, -0.25) is 23.4 Å². The van der Waals surface area contributed by atoms with E-state index in [4.69, 9.17) is 24.8 Å². The average Bonchev–Trinajstić information content (AvgIpc) is 3.20. The van der Waals surface area contributed by atoms with Crippen molar-refractivity contribution in [3.63, 3.8) is 0 Å². The molecule has 0 spiro atoms. The van der Waals surface area contributed by atoms with Gasteiger partial charge in [0.1, 0.15) is 12.6 Å². The first kappa shape index (κ1) is 55.4. The van der Waals surface area contributed by atoms with Gasteiger partial charge in [0, 0.05) is 12.8 Å². The zero-order valence-corrected chi connectivity index (χ0v) is 36.6. The fraction of sp³-hybridized carbons (Fsp3) is 0.587. The van der Waals surface area contributed by atoms with E-state index in [1.165, 1.54) is 0 Å². The number of rotatable bonds is 38. The SMILES string of the molecule is CC/C=C\C/C=C\C/C=C\C/C=C\CCCCCCC(=O)O[C@H](COC(=O)CCC/C=C\C/C=C\C/C=C\C/C=C\CC(O)CCC)COP(=O)(O)OC[C@H](N)C(=O)O. The molecule has 0 amide bonds. The summed E-state index contributed by atoms with van der Waals surface area (Å²) in [6.45, 7) is 2.38. The topological polar surface area (TPSA) is 192 Å². The van der Waals surface area contributed by atoms with Crippen LogP contribution in [0, 0.1) is 0 Å². The Bertz CT molecular complexity index is 1380. The molecule has 334 valence electrons. The maximum absolute atomic E-state index is 12.6. The van der Waals surface area contributed by atoms with Crippen molar-refractivity contribution in [3.05, 3.63) is 97.2 Å². The number of carbonyl (C=O) groups excluding carboxylic acids is 2. The number of carbonyl (C=O) groups is 3. The molecule has 0 aromatic carbocycles. The molecule has 5 N–H and O–H groups in total. The predicted octanol–water partition coefficient (Wildman–Crippen LogP) is 10.2. The number of ether oxygens (including phenoxy) is 2. The third-order valence-corrected chi connectivity index (χ3v) is 9.32. The lowest BCUT2D eigenvalue weighted by molar-refractivity contribution is -0.161. The van der Waals surface area contributed by atoms with Crippen LogP contribution in [0.25, 0.3) is 0 Å². The smallest absolute Gasteiger partial charge is 0.472 e. The number of unbranched alkanes of at least 4 members (excludes halogenated alkanes) is 5. The Balaban J connectivity index is 4.55. The van der Waals surface area contributed by atoms with Crippen molar-refractivity contribution in [1.29, 1.82) is 0 Å². The zero-order valence-electron chi connectivity index (χ0n) is 35.7. The second kappa shape index (κ2) is 39.8. The van der Waals surface area contributed by atoms with E-state index >= 15 is 0 Å². The molecule has 0 radical (unpaired) electrons. The van der Waals surface area contributed by atoms with Crippen LogP contribution in [0.1, 0.15) is 136 Å². The molecule has 4 atom stereocenters. The number of hydrogen-bond acceptors (Lipinski definition) is 10. The molecule has 0 fully saturated rings. The lowest BCUT2D eigenvalue weighted by Gasteiger charge is -2.20. The van der Waals surface area contributed by atoms with Crippen LogP contribution in [0.5, 0.6) is 0 Å². The molecule has 0 saturated carbocycles. The van der Waals surface area contributed by atoms with Crippen LogP contribution in [-0.4, -0.2) is 71.1 Å². The normalized spacial score (nSPS) is 15.2. The minimum absolute atomic E-state index is 0.108. The molecule has 0 aromatic rings. The summed E-state index contributed by atoms with van der Waals surface area (Å²) in [7, 11) is -4.75. The highest BCUT2D eigenvalue weighted by molar-refractivity contribution is 7.47. The number of hydrogen-bond donors (Lipinski definition) is 4. The summed E-state index contributed by atoms with van der Waals surface area (Å²) in [5, 5.41) is 18.6. The summed E-state index contributed by atoms with van der Waals surface area (Å²) in [5.74, 6) is -2.52. The Hall–Kier alpha value is -3.64. The zero-order chi connectivity index (χ0) is 43.7. The third-order valence-electron chi connectivity index (χ3n) is 8.37. The second-order valence-electron chi connectivity index (χ2n) is 13.9. The molecule has 0 rings (SSSR count). The number of carboxylic acid groups (broad SMARTS) is 1. The van der Waals surface area contributed by atoms with Gasteiger partial charge in [-0.1, -0.05) is 130 Å². The van der Waals surface area contributed by atoms with Crippen molar-refractivity contribution in [2.75, 3.05) is 19.8 Å². The monoisotopic (exact) mass is 847 g/mol. The largest absolute Gasteiger partial charge is 0.480 e. The fourth-order valence-electron chi connectivity index (χ4n) is 5.06. The Morgan fingerprint density at radius 2 is 1.08 bits per heavy atom. The van der Waals surface area contributed by atoms with Gasteiger partial charge >= 0.3 is 25.7 Å². The van der Waals surface area contributed by atoms with Gasteiger partial charge < -0.3 is 30.3 Å². The van der Waals surface area contributed by atoms with Crippen molar-refractivity contribution in [2.45, 2.75) is 154 Å². The van der Waals surface area contributed by atoms with E-state index in [-0.39, 0.29) is 18.9 Å². The van der Waals surface area contributed by atoms with E-state index < -0.39 is 57.7 Å². The first-order chi connectivity index (χ1) is 28.5. The Labute approximate surface area is 354 Å². The van der Waals surface area contributed by atoms with Crippen LogP contribution in [0.3, 0.4) is 0 Å². The lowest BCUT2D eigenvalue weighted by Crippen LogP contribution is -2.34. The van der Waals surface area contributed by atoms with Gasteiger partial charge in [-0.2, -0.15) is 0 Å². The number of esters is 2. The van der Waals surface area contributed by atoms with Crippen LogP contribution in [0.2, 0.25) is 0 Å². The fourth-order valence-corrected chi connectivity index (χ4v) is 5.84. The highest BCUT2D eigenvalue weighted by Crippen LogP contribution is 2.43. The Kier molecular flexibility index (Phi) is 37.3. The minimum Gasteiger partial charge on any atom is -0.480 e. The number of aliphatic carboxylic acids is 1. The standard InChI is InChI=1S/C46H74NO11P/c1-3-5-6-7-8-9-10-11-12-13-14-17-21-24-27-30-33-37-45(50)58-42(39-56-59(53,54)57-40-43(47)46(51)52)38-55-44(49)36-32-29-26-23-20-18-15-16-19-22-25-28-31-35-41(48)34-4-2/h5-6,8-9,11-12,14-15,17-19,22-23,26,28,31,41-43,48H,3-4,7,10,13,16,20-21,24-25,27,29-30,32-40,47H2,1-2H3,(H,51,52)(H,53,54)/b6-5-,9-8-,12-11-,17-14-,18-15-,22-19-,26-23-,31-28-/t41?,42-,43+/m1/s1. The molecule has 0 aromatic heterocycles. The summed E-state index contributed by atoms with van der Waals surface area (Å²) in [4.78, 5) is 45.9. The molecule has 59 heavy (non-hydrogen) atoms. The van der Waals surface area contributed by atoms with Crippen LogP contribution >= 0.6 is 7.82 Å². The van der Waals surface area contributed by atoms with E-state index in [1.807, 2.05) is 18.2 Å². The summed E-state index contributed by atoms with van der Waals surface area (Å²) >= 11 is 0. The van der Waals surface area contributed by atoms with E-state index in [1.54, 1.807) is 0 Å². The van der Waals surface area contributed by atoms with Crippen molar-refractivity contribution >= 4 is 25.7 Å². The van der Waals surface area contributed by atoms with Gasteiger partial charge in [-0.15, -0.1) is 0 Å². The Morgan fingerprint density at radius 3 is 1.63 bits per heavy atom. The maximum Gasteiger partial charge on any atom is 0.472 e. The van der Waals surface area contributed by atoms with Gasteiger partial charge in [0.25, 0.3) is 0 Å². The molecular weight excluding hydrogens is 773 g/mol. The molecule has 0 aliphatic heterocycles. The van der Waals surface area contributed by atoms with Crippen molar-refractivity contribution in [2.24, 2.45) is 5.73 Å². The number of carboxylic acids is 1. The van der Waals surface area contributed by atoms with E-state index in [0.29, 0.717) is 25.7 Å². The van der Waals surface area contributed by atoms with Crippen LogP contribution in [-0.2, 0) is 37.5 Å². The number of aliphatic hydroxyl groups is 1. The summed E-state index contributed by atoms with van der Waals surface area (Å²) in [6, 6.07) is -1.54. The Morgan fingerprint density at radius 1 is 0.610 bits per heavy atom. The first-order valence-electron chi connectivity index (χ1n) is 21.3. The van der Waals surface area contributed by atoms with Crippen LogP contribution in [0.15, 0.2) is 97.2 Å². The maximum atomic E-state index is 12.6. The number of allylic oxidation sites excluding steroid dienone is 15. The summed E-state index contributed by atoms with van der Waals surface area (Å²) < 4.78 is 32.6. The predicted molar refractivity (Wildman–Crippen MR) is 236 cm³/mol. The van der Waals surface area contributed by atoms with Crippen molar-refractivity contribution in [3.8, 4) is 0 Å². The van der Waals surface area contributed by atoms with Crippen molar-refractivity contribution < 1.29 is 52.6 Å². The molecule has 2 unspecified atom stereocenters. The third kappa shape index (κ3) is 39.6. The highest BCUT2D eigenvalue weighted by atomic mass is 31.2. The summed E-state index contributed by atoms with van der Waals surface area (Å²) in [5.41, 5.74) is 5.32. The average molecular weight is 848 g/mol. The van der Waals surface area contributed by atoms with Gasteiger partial charge in [-0.05, 0) is 89.9 Å².